The van der Waals surface area contributed by atoms with Crippen LogP contribution in [0.5, 0.6) is 0 Å². The predicted molar refractivity (Wildman–Crippen MR) is 109 cm³/mol. The van der Waals surface area contributed by atoms with E-state index in [0.717, 1.165) is 38.8 Å². The maximum absolute atomic E-state index is 12.7. The summed E-state index contributed by atoms with van der Waals surface area (Å²) in [5, 5.41) is 2.43. The highest BCUT2D eigenvalue weighted by molar-refractivity contribution is 5.83. The number of methoxy groups -OCH3 is 1. The summed E-state index contributed by atoms with van der Waals surface area (Å²) in [5.74, 6) is 0.0746. The molecule has 0 radical (unpaired) electrons. The molecule has 4 rings (SSSR count). The Labute approximate surface area is 166 Å². The Balaban J connectivity index is 1.44. The lowest BCUT2D eigenvalue weighted by Gasteiger charge is -2.31. The fraction of sp³-hybridized carbons (Fsp3) is 0.478. The molecule has 1 amide bonds. The summed E-state index contributed by atoms with van der Waals surface area (Å²) in [6, 6.07) is 14.9. The number of carbonyl (C=O) groups is 2. The fourth-order valence-corrected chi connectivity index (χ4v) is 4.69. The maximum Gasteiger partial charge on any atom is 0.323 e. The fourth-order valence-electron chi connectivity index (χ4n) is 4.69. The molecule has 2 atom stereocenters. The molecule has 2 aliphatic rings. The summed E-state index contributed by atoms with van der Waals surface area (Å²) >= 11 is 0. The highest BCUT2D eigenvalue weighted by Crippen LogP contribution is 2.28. The van der Waals surface area contributed by atoms with Crippen LogP contribution in [0, 0.1) is 0 Å². The van der Waals surface area contributed by atoms with Gasteiger partial charge in [-0.05, 0) is 54.6 Å². The van der Waals surface area contributed by atoms with Crippen LogP contribution in [-0.4, -0.2) is 54.0 Å². The number of ether oxygens (including phenoxy) is 1. The first-order valence-electron chi connectivity index (χ1n) is 10.2. The average molecular weight is 380 g/mol. The molecule has 28 heavy (non-hydrogen) atoms. The standard InChI is InChI=1S/C23H28N2O3/c1-28-23(27)21-7-4-13-25(21)20-10-11-22(26)24(14-12-20)16-17-8-9-18-5-2-3-6-19(18)15-17/h2-3,5-6,8-9,15,20-21H,4,7,10-14,16H2,1H3/t20?,21-/m0/s1. The van der Waals surface area contributed by atoms with Gasteiger partial charge in [0, 0.05) is 25.6 Å². The highest BCUT2D eigenvalue weighted by atomic mass is 16.5. The molecular formula is C23H28N2O3. The largest absolute Gasteiger partial charge is 0.468 e. The Kier molecular flexibility index (Phi) is 5.62. The summed E-state index contributed by atoms with van der Waals surface area (Å²) in [4.78, 5) is 29.1. The van der Waals surface area contributed by atoms with Crippen molar-refractivity contribution in [3.8, 4) is 0 Å². The number of nitrogens with zero attached hydrogens (tertiary/aromatic N) is 2. The van der Waals surface area contributed by atoms with E-state index in [1.807, 2.05) is 17.0 Å². The van der Waals surface area contributed by atoms with Gasteiger partial charge in [-0.15, -0.1) is 0 Å². The minimum Gasteiger partial charge on any atom is -0.468 e. The zero-order chi connectivity index (χ0) is 19.5. The Morgan fingerprint density at radius 1 is 1.07 bits per heavy atom. The number of benzene rings is 2. The van der Waals surface area contributed by atoms with E-state index in [1.165, 1.54) is 23.4 Å². The highest BCUT2D eigenvalue weighted by Gasteiger charge is 2.37. The van der Waals surface area contributed by atoms with Gasteiger partial charge in [-0.1, -0.05) is 36.4 Å². The molecule has 0 spiro atoms. The molecule has 0 aliphatic carbocycles. The lowest BCUT2D eigenvalue weighted by molar-refractivity contribution is -0.146. The first kappa shape index (κ1) is 18.9. The van der Waals surface area contributed by atoms with Crippen LogP contribution in [0.3, 0.4) is 0 Å². The molecule has 0 saturated carbocycles. The number of rotatable bonds is 4. The third-order valence-corrected chi connectivity index (χ3v) is 6.20. The summed E-state index contributed by atoms with van der Waals surface area (Å²) < 4.78 is 4.98. The minimum absolute atomic E-state index is 0.138. The van der Waals surface area contributed by atoms with Crippen molar-refractivity contribution in [2.24, 2.45) is 0 Å². The van der Waals surface area contributed by atoms with Gasteiger partial charge in [-0.2, -0.15) is 0 Å². The van der Waals surface area contributed by atoms with Crippen molar-refractivity contribution >= 4 is 22.6 Å². The van der Waals surface area contributed by atoms with Gasteiger partial charge >= 0.3 is 5.97 Å². The van der Waals surface area contributed by atoms with E-state index in [2.05, 4.69) is 35.2 Å². The number of fused-ring (bicyclic) bond motifs is 1. The van der Waals surface area contributed by atoms with Crippen molar-refractivity contribution in [3.63, 3.8) is 0 Å². The van der Waals surface area contributed by atoms with Crippen LogP contribution in [0.25, 0.3) is 10.8 Å². The number of likely N-dealkylation sites (tertiary alicyclic amines) is 2. The second-order valence-electron chi connectivity index (χ2n) is 7.90. The van der Waals surface area contributed by atoms with E-state index in [1.54, 1.807) is 0 Å². The molecule has 2 saturated heterocycles. The number of esters is 1. The lowest BCUT2D eigenvalue weighted by Crippen LogP contribution is -2.44. The molecule has 2 aliphatic heterocycles. The zero-order valence-electron chi connectivity index (χ0n) is 16.5. The summed E-state index contributed by atoms with van der Waals surface area (Å²) in [6.07, 6.45) is 4.15. The Morgan fingerprint density at radius 3 is 2.71 bits per heavy atom. The Morgan fingerprint density at radius 2 is 1.89 bits per heavy atom. The van der Waals surface area contributed by atoms with E-state index in [9.17, 15) is 9.59 Å². The molecule has 0 N–H and O–H groups in total. The second-order valence-corrected chi connectivity index (χ2v) is 7.90. The van der Waals surface area contributed by atoms with Gasteiger partial charge < -0.3 is 9.64 Å². The molecular weight excluding hydrogens is 352 g/mol. The van der Waals surface area contributed by atoms with Crippen LogP contribution in [0.1, 0.15) is 37.7 Å². The van der Waals surface area contributed by atoms with Crippen molar-refractivity contribution in [1.82, 2.24) is 9.80 Å². The molecule has 5 nitrogen and oxygen atoms in total. The average Bonchev–Trinajstić information content (AvgIpc) is 3.14. The Bertz CT molecular complexity index is 866. The van der Waals surface area contributed by atoms with Crippen molar-refractivity contribution < 1.29 is 14.3 Å². The van der Waals surface area contributed by atoms with Crippen LogP contribution in [0.2, 0.25) is 0 Å². The van der Waals surface area contributed by atoms with Gasteiger partial charge in [0.2, 0.25) is 5.91 Å². The third kappa shape index (κ3) is 3.90. The van der Waals surface area contributed by atoms with E-state index >= 15 is 0 Å². The predicted octanol–water partition coefficient (Wildman–Crippen LogP) is 3.36. The summed E-state index contributed by atoms with van der Waals surface area (Å²) in [6.45, 7) is 2.31. The van der Waals surface area contributed by atoms with E-state index in [4.69, 9.17) is 4.74 Å². The van der Waals surface area contributed by atoms with Crippen LogP contribution < -0.4 is 0 Å². The molecule has 148 valence electrons. The van der Waals surface area contributed by atoms with E-state index in [0.29, 0.717) is 13.0 Å². The number of carbonyl (C=O) groups excluding carboxylic acids is 2. The van der Waals surface area contributed by atoms with Crippen LogP contribution in [-0.2, 0) is 20.9 Å². The lowest BCUT2D eigenvalue weighted by atomic mass is 10.1. The zero-order valence-corrected chi connectivity index (χ0v) is 16.5. The molecule has 5 heteroatoms. The molecule has 2 aromatic carbocycles. The SMILES string of the molecule is COC(=O)[C@@H]1CCCN1C1CCC(=O)N(Cc2ccc3ccccc3c2)CC1. The van der Waals surface area contributed by atoms with Gasteiger partial charge in [0.05, 0.1) is 7.11 Å². The number of hydrogen-bond donors (Lipinski definition) is 0. The third-order valence-electron chi connectivity index (χ3n) is 6.20. The van der Waals surface area contributed by atoms with Crippen molar-refractivity contribution in [2.75, 3.05) is 20.2 Å². The minimum atomic E-state index is -0.142. The molecule has 1 unspecified atom stereocenters. The topological polar surface area (TPSA) is 49.9 Å². The van der Waals surface area contributed by atoms with E-state index in [-0.39, 0.29) is 24.0 Å². The first-order valence-corrected chi connectivity index (χ1v) is 10.2. The Hall–Kier alpha value is -2.40. The van der Waals surface area contributed by atoms with Crippen molar-refractivity contribution in [3.05, 3.63) is 48.0 Å². The summed E-state index contributed by atoms with van der Waals surface area (Å²) in [5.41, 5.74) is 1.17. The van der Waals surface area contributed by atoms with Gasteiger partial charge in [-0.3, -0.25) is 14.5 Å². The molecule has 2 heterocycles. The number of amides is 1. The molecule has 0 bridgehead atoms. The second kappa shape index (κ2) is 8.31. The number of hydrogen-bond acceptors (Lipinski definition) is 4. The van der Waals surface area contributed by atoms with Gasteiger partial charge in [0.25, 0.3) is 0 Å². The van der Waals surface area contributed by atoms with Crippen LogP contribution in [0.15, 0.2) is 42.5 Å². The normalized spacial score (nSPS) is 23.8. The monoisotopic (exact) mass is 380 g/mol. The van der Waals surface area contributed by atoms with Gasteiger partial charge in [-0.25, -0.2) is 0 Å². The summed E-state index contributed by atoms with van der Waals surface area (Å²) in [7, 11) is 1.46. The quantitative estimate of drug-likeness (QED) is 0.763. The maximum atomic E-state index is 12.7. The van der Waals surface area contributed by atoms with E-state index < -0.39 is 0 Å². The molecule has 2 fully saturated rings. The van der Waals surface area contributed by atoms with Crippen molar-refractivity contribution in [1.29, 1.82) is 0 Å². The van der Waals surface area contributed by atoms with Crippen molar-refractivity contribution in [2.45, 2.75) is 50.7 Å². The first-order chi connectivity index (χ1) is 13.7. The molecule has 2 aromatic rings. The van der Waals surface area contributed by atoms with Gasteiger partial charge in [0.15, 0.2) is 0 Å². The smallest absolute Gasteiger partial charge is 0.323 e. The van der Waals surface area contributed by atoms with Crippen LogP contribution in [0.4, 0.5) is 0 Å². The van der Waals surface area contributed by atoms with Crippen LogP contribution >= 0.6 is 0 Å². The molecule has 0 aromatic heterocycles. The van der Waals surface area contributed by atoms with Gasteiger partial charge in [0.1, 0.15) is 6.04 Å².